The molecule has 0 fully saturated rings. The molecule has 0 amide bonds. The van der Waals surface area contributed by atoms with Gasteiger partial charge in [0.15, 0.2) is 10.6 Å². The molecule has 2 aromatic heterocycles. The van der Waals surface area contributed by atoms with Crippen LogP contribution in [0.25, 0.3) is 11.4 Å². The van der Waals surface area contributed by atoms with Gasteiger partial charge >= 0.3 is 0 Å². The van der Waals surface area contributed by atoms with Gasteiger partial charge in [0.25, 0.3) is 0 Å². The lowest BCUT2D eigenvalue weighted by Gasteiger charge is -2.34. The summed E-state index contributed by atoms with van der Waals surface area (Å²) in [6.45, 7) is 10.3. The summed E-state index contributed by atoms with van der Waals surface area (Å²) in [4.78, 5) is 1.56. The van der Waals surface area contributed by atoms with E-state index in [0.717, 1.165) is 29.5 Å². The molecule has 1 aliphatic carbocycles. The maximum atomic E-state index is 5.43. The molecule has 2 aromatic rings. The minimum atomic E-state index is 0.392. The number of unbranched alkanes of at least 4 members (excludes halogenated alkanes) is 1. The van der Waals surface area contributed by atoms with Crippen LogP contribution in [0.5, 0.6) is 0 Å². The Kier molecular flexibility index (Phi) is 4.79. The van der Waals surface area contributed by atoms with Crippen molar-refractivity contribution >= 4 is 23.6 Å². The zero-order chi connectivity index (χ0) is 16.6. The van der Waals surface area contributed by atoms with Crippen LogP contribution in [0, 0.1) is 16.1 Å². The van der Waals surface area contributed by atoms with E-state index in [1.807, 2.05) is 11.3 Å². The van der Waals surface area contributed by atoms with E-state index < -0.39 is 0 Å². The second-order valence-electron chi connectivity index (χ2n) is 7.71. The summed E-state index contributed by atoms with van der Waals surface area (Å²) in [6.07, 6.45) is 5.97. The van der Waals surface area contributed by atoms with E-state index in [4.69, 9.17) is 12.2 Å². The Morgan fingerprint density at radius 3 is 2.91 bits per heavy atom. The number of nitrogens with one attached hydrogen (secondary N) is 1. The standard InChI is InChI=1S/C18H27N3S2/c1-5-6-9-21-16(19-20-17(21)22)14-11-23-15-10-12(18(2,3)4)7-8-13(14)15/h11-12H,5-10H2,1-4H3,(H,20,22). The molecule has 0 aliphatic heterocycles. The first-order valence-corrected chi connectivity index (χ1v) is 9.95. The summed E-state index contributed by atoms with van der Waals surface area (Å²) in [5.74, 6) is 1.82. The largest absolute Gasteiger partial charge is 0.300 e. The van der Waals surface area contributed by atoms with Crippen molar-refractivity contribution in [2.24, 2.45) is 11.3 Å². The number of hydrogen-bond donors (Lipinski definition) is 1. The average Bonchev–Trinajstić information content (AvgIpc) is 3.07. The summed E-state index contributed by atoms with van der Waals surface area (Å²) in [6, 6.07) is 0. The van der Waals surface area contributed by atoms with E-state index >= 15 is 0 Å². The molecule has 1 aliphatic rings. The van der Waals surface area contributed by atoms with Crippen LogP contribution in [0.4, 0.5) is 0 Å². The first-order chi connectivity index (χ1) is 10.9. The fourth-order valence-corrected chi connectivity index (χ4v) is 4.87. The van der Waals surface area contributed by atoms with Crippen molar-refractivity contribution in [3.05, 3.63) is 20.6 Å². The number of H-pyrrole nitrogens is 1. The third-order valence-corrected chi connectivity index (χ3v) is 6.48. The smallest absolute Gasteiger partial charge is 0.195 e. The highest BCUT2D eigenvalue weighted by atomic mass is 32.1. The van der Waals surface area contributed by atoms with E-state index in [1.54, 1.807) is 4.88 Å². The number of thiophene rings is 1. The zero-order valence-electron chi connectivity index (χ0n) is 14.6. The molecular weight excluding hydrogens is 322 g/mol. The van der Waals surface area contributed by atoms with Crippen LogP contribution in [0.15, 0.2) is 5.38 Å². The molecule has 0 bridgehead atoms. The van der Waals surface area contributed by atoms with Crippen LogP contribution in [0.1, 0.15) is 57.4 Å². The number of hydrogen-bond acceptors (Lipinski definition) is 3. The van der Waals surface area contributed by atoms with Crippen LogP contribution < -0.4 is 0 Å². The second-order valence-corrected chi connectivity index (χ2v) is 9.07. The quantitative estimate of drug-likeness (QED) is 0.727. The monoisotopic (exact) mass is 349 g/mol. The third-order valence-electron chi connectivity index (χ3n) is 5.11. The molecule has 126 valence electrons. The molecular formula is C18H27N3S2. The maximum absolute atomic E-state index is 5.43. The lowest BCUT2D eigenvalue weighted by Crippen LogP contribution is -2.26. The Morgan fingerprint density at radius 2 is 2.22 bits per heavy atom. The summed E-state index contributed by atoms with van der Waals surface area (Å²) >= 11 is 7.34. The molecule has 1 N–H and O–H groups in total. The van der Waals surface area contributed by atoms with E-state index in [0.29, 0.717) is 5.41 Å². The molecule has 0 radical (unpaired) electrons. The fraction of sp³-hybridized carbons (Fsp3) is 0.667. The second kappa shape index (κ2) is 6.52. The van der Waals surface area contributed by atoms with Crippen molar-refractivity contribution in [1.82, 2.24) is 14.8 Å². The Bertz CT molecular complexity index is 730. The number of aromatic nitrogens is 3. The summed E-state index contributed by atoms with van der Waals surface area (Å²) in [5, 5.41) is 9.83. The van der Waals surface area contributed by atoms with Crippen molar-refractivity contribution in [3.8, 4) is 11.4 Å². The zero-order valence-corrected chi connectivity index (χ0v) is 16.2. The van der Waals surface area contributed by atoms with Crippen molar-refractivity contribution < 1.29 is 0 Å². The highest BCUT2D eigenvalue weighted by molar-refractivity contribution is 7.71. The summed E-state index contributed by atoms with van der Waals surface area (Å²) in [7, 11) is 0. The van der Waals surface area contributed by atoms with Gasteiger partial charge in [-0.15, -0.1) is 11.3 Å². The lowest BCUT2D eigenvalue weighted by atomic mass is 9.72. The Balaban J connectivity index is 1.93. The van der Waals surface area contributed by atoms with E-state index in [1.165, 1.54) is 36.8 Å². The van der Waals surface area contributed by atoms with E-state index in [9.17, 15) is 0 Å². The van der Waals surface area contributed by atoms with Gasteiger partial charge in [0.1, 0.15) is 0 Å². The Morgan fingerprint density at radius 1 is 1.43 bits per heavy atom. The van der Waals surface area contributed by atoms with Crippen LogP contribution in [-0.2, 0) is 19.4 Å². The molecule has 0 aromatic carbocycles. The maximum Gasteiger partial charge on any atom is 0.195 e. The molecule has 0 saturated heterocycles. The van der Waals surface area contributed by atoms with Gasteiger partial charge in [-0.3, -0.25) is 5.10 Å². The van der Waals surface area contributed by atoms with E-state index in [-0.39, 0.29) is 0 Å². The highest BCUT2D eigenvalue weighted by Gasteiger charge is 2.31. The van der Waals surface area contributed by atoms with Gasteiger partial charge in [-0.1, -0.05) is 34.1 Å². The number of aromatic amines is 1. The van der Waals surface area contributed by atoms with Gasteiger partial charge in [0.05, 0.1) is 0 Å². The highest BCUT2D eigenvalue weighted by Crippen LogP contribution is 2.42. The van der Waals surface area contributed by atoms with Gasteiger partial charge in [0, 0.05) is 22.4 Å². The van der Waals surface area contributed by atoms with Crippen LogP contribution in [0.2, 0.25) is 0 Å². The lowest BCUT2D eigenvalue weighted by molar-refractivity contribution is 0.218. The first-order valence-electron chi connectivity index (χ1n) is 8.66. The number of nitrogens with zero attached hydrogens (tertiary/aromatic N) is 2. The molecule has 1 atom stereocenters. The third kappa shape index (κ3) is 3.31. The van der Waals surface area contributed by atoms with Crippen LogP contribution in [-0.4, -0.2) is 14.8 Å². The van der Waals surface area contributed by atoms with Crippen LogP contribution in [0.3, 0.4) is 0 Å². The Labute approximate surface area is 148 Å². The van der Waals surface area contributed by atoms with E-state index in [2.05, 4.69) is 47.8 Å². The molecule has 23 heavy (non-hydrogen) atoms. The SMILES string of the molecule is CCCCn1c(-c2csc3c2CCC(C(C)(C)C)C3)n[nH]c1=S. The van der Waals surface area contributed by atoms with Crippen molar-refractivity contribution in [2.45, 2.75) is 66.3 Å². The molecule has 5 heteroatoms. The van der Waals surface area contributed by atoms with Gasteiger partial charge < -0.3 is 4.57 Å². The molecule has 0 spiro atoms. The predicted molar refractivity (Wildman–Crippen MR) is 101 cm³/mol. The van der Waals surface area contributed by atoms with Gasteiger partial charge in [0.2, 0.25) is 0 Å². The summed E-state index contributed by atoms with van der Waals surface area (Å²) < 4.78 is 2.92. The molecule has 3 rings (SSSR count). The fourth-order valence-electron chi connectivity index (χ4n) is 3.49. The molecule has 0 saturated carbocycles. The number of fused-ring (bicyclic) bond motifs is 1. The molecule has 2 heterocycles. The number of rotatable bonds is 4. The normalized spacial score (nSPS) is 18.2. The topological polar surface area (TPSA) is 33.6 Å². The van der Waals surface area contributed by atoms with Crippen molar-refractivity contribution in [2.75, 3.05) is 0 Å². The van der Waals surface area contributed by atoms with Gasteiger partial charge in [-0.05, 0) is 54.8 Å². The summed E-state index contributed by atoms with van der Waals surface area (Å²) in [5.41, 5.74) is 3.21. The van der Waals surface area contributed by atoms with Crippen LogP contribution >= 0.6 is 23.6 Å². The van der Waals surface area contributed by atoms with Crippen molar-refractivity contribution in [1.29, 1.82) is 0 Å². The minimum absolute atomic E-state index is 0.392. The van der Waals surface area contributed by atoms with Gasteiger partial charge in [-0.2, -0.15) is 5.10 Å². The predicted octanol–water partition coefficient (Wildman–Crippen LogP) is 5.62. The first kappa shape index (κ1) is 16.9. The minimum Gasteiger partial charge on any atom is -0.300 e. The Hall–Kier alpha value is -0.940. The molecule has 3 nitrogen and oxygen atoms in total. The average molecular weight is 350 g/mol. The van der Waals surface area contributed by atoms with Crippen molar-refractivity contribution in [3.63, 3.8) is 0 Å². The molecule has 1 unspecified atom stereocenters. The van der Waals surface area contributed by atoms with Gasteiger partial charge in [-0.25, -0.2) is 0 Å².